The van der Waals surface area contributed by atoms with Crippen LogP contribution in [0.5, 0.6) is 5.75 Å². The summed E-state index contributed by atoms with van der Waals surface area (Å²) in [6.07, 6.45) is 1.08. The van der Waals surface area contributed by atoms with Gasteiger partial charge >= 0.3 is 0 Å². The highest BCUT2D eigenvalue weighted by Gasteiger charge is 2.40. The molecule has 22 heavy (non-hydrogen) atoms. The van der Waals surface area contributed by atoms with Crippen LogP contribution in [0.2, 0.25) is 5.02 Å². The molecule has 1 heterocycles. The molecule has 122 valence electrons. The maximum absolute atomic E-state index is 12.6. The Bertz CT molecular complexity index is 553. The van der Waals surface area contributed by atoms with E-state index in [2.05, 4.69) is 0 Å². The van der Waals surface area contributed by atoms with Crippen LogP contribution in [0, 0.1) is 6.92 Å². The molecule has 1 aromatic carbocycles. The van der Waals surface area contributed by atoms with Gasteiger partial charge in [-0.2, -0.15) is 0 Å². The number of nitrogens with zero attached hydrogens (tertiary/aromatic N) is 1. The predicted molar refractivity (Wildman–Crippen MR) is 87.3 cm³/mol. The largest absolute Gasteiger partial charge is 0.479 e. The van der Waals surface area contributed by atoms with Crippen LogP contribution in [-0.2, 0) is 4.79 Å². The normalized spacial score (nSPS) is 20.1. The van der Waals surface area contributed by atoms with E-state index in [1.807, 2.05) is 19.1 Å². The number of benzene rings is 1. The number of hydrogen-bond acceptors (Lipinski definition) is 3. The number of carbonyl (C=O) groups excluding carboxylic acids is 1. The Morgan fingerprint density at radius 3 is 2.82 bits per heavy atom. The SMILES string of the molecule is Cc1ccc(Cl)c(OC(C)C(=O)N2CCCC2C(C)(C)O)c1. The van der Waals surface area contributed by atoms with Crippen LogP contribution in [0.1, 0.15) is 39.2 Å². The second-order valence-electron chi connectivity index (χ2n) is 6.54. The van der Waals surface area contributed by atoms with Crippen LogP contribution >= 0.6 is 11.6 Å². The van der Waals surface area contributed by atoms with Crippen LogP contribution in [-0.4, -0.2) is 40.2 Å². The fourth-order valence-corrected chi connectivity index (χ4v) is 3.10. The number of rotatable bonds is 4. The molecule has 1 N–H and O–H groups in total. The lowest BCUT2D eigenvalue weighted by atomic mass is 9.96. The van der Waals surface area contributed by atoms with Crippen LogP contribution < -0.4 is 4.74 Å². The fraction of sp³-hybridized carbons (Fsp3) is 0.588. The maximum Gasteiger partial charge on any atom is 0.263 e. The molecule has 1 aliphatic rings. The lowest BCUT2D eigenvalue weighted by Crippen LogP contribution is -2.51. The van der Waals surface area contributed by atoms with E-state index in [0.29, 0.717) is 17.3 Å². The number of carbonyl (C=O) groups is 1. The third-order valence-electron chi connectivity index (χ3n) is 4.09. The van der Waals surface area contributed by atoms with Gasteiger partial charge in [-0.3, -0.25) is 4.79 Å². The van der Waals surface area contributed by atoms with E-state index >= 15 is 0 Å². The highest BCUT2D eigenvalue weighted by Crippen LogP contribution is 2.30. The van der Waals surface area contributed by atoms with Crippen molar-refractivity contribution in [1.29, 1.82) is 0 Å². The van der Waals surface area contributed by atoms with Crippen LogP contribution in [0.25, 0.3) is 0 Å². The van der Waals surface area contributed by atoms with Gasteiger partial charge in [0.15, 0.2) is 6.10 Å². The van der Waals surface area contributed by atoms with Crippen molar-refractivity contribution in [3.8, 4) is 5.75 Å². The molecule has 0 spiro atoms. The zero-order chi connectivity index (χ0) is 16.5. The van der Waals surface area contributed by atoms with E-state index in [4.69, 9.17) is 16.3 Å². The number of hydrogen-bond donors (Lipinski definition) is 1. The summed E-state index contributed by atoms with van der Waals surface area (Å²) in [6, 6.07) is 5.31. The van der Waals surface area contributed by atoms with Crippen molar-refractivity contribution < 1.29 is 14.6 Å². The van der Waals surface area contributed by atoms with Gasteiger partial charge in [-0.15, -0.1) is 0 Å². The molecule has 1 saturated heterocycles. The van der Waals surface area contributed by atoms with Gasteiger partial charge in [0.1, 0.15) is 5.75 Å². The number of aryl methyl sites for hydroxylation is 1. The summed E-state index contributed by atoms with van der Waals surface area (Å²) in [7, 11) is 0. The molecule has 0 aromatic heterocycles. The molecule has 2 rings (SSSR count). The molecular weight excluding hydrogens is 302 g/mol. The standard InChI is InChI=1S/C17H24ClNO3/c1-11-7-8-13(18)14(10-11)22-12(2)16(20)19-9-5-6-15(19)17(3,4)21/h7-8,10,12,15,21H,5-6,9H2,1-4H3. The zero-order valence-corrected chi connectivity index (χ0v) is 14.4. The van der Waals surface area contributed by atoms with E-state index < -0.39 is 11.7 Å². The Morgan fingerprint density at radius 1 is 1.50 bits per heavy atom. The Kier molecular flexibility index (Phi) is 5.03. The second kappa shape index (κ2) is 6.47. The minimum atomic E-state index is -0.910. The minimum Gasteiger partial charge on any atom is -0.479 e. The smallest absolute Gasteiger partial charge is 0.263 e. The number of amides is 1. The number of likely N-dealkylation sites (tertiary alicyclic amines) is 1. The van der Waals surface area contributed by atoms with Crippen molar-refractivity contribution in [3.05, 3.63) is 28.8 Å². The van der Waals surface area contributed by atoms with E-state index in [1.54, 1.807) is 31.7 Å². The first kappa shape index (κ1) is 17.1. The van der Waals surface area contributed by atoms with Gasteiger partial charge in [0.25, 0.3) is 5.91 Å². The molecule has 5 heteroatoms. The van der Waals surface area contributed by atoms with Gasteiger partial charge in [-0.1, -0.05) is 17.7 Å². The van der Waals surface area contributed by atoms with Crippen LogP contribution in [0.3, 0.4) is 0 Å². The van der Waals surface area contributed by atoms with E-state index in [9.17, 15) is 9.90 Å². The van der Waals surface area contributed by atoms with Crippen molar-refractivity contribution >= 4 is 17.5 Å². The lowest BCUT2D eigenvalue weighted by Gasteiger charge is -2.35. The average molecular weight is 326 g/mol. The van der Waals surface area contributed by atoms with Crippen molar-refractivity contribution in [3.63, 3.8) is 0 Å². The molecule has 1 aliphatic heterocycles. The zero-order valence-electron chi connectivity index (χ0n) is 13.6. The molecule has 1 amide bonds. The highest BCUT2D eigenvalue weighted by atomic mass is 35.5. The van der Waals surface area contributed by atoms with Gasteiger partial charge in [-0.25, -0.2) is 0 Å². The summed E-state index contributed by atoms with van der Waals surface area (Å²) >= 11 is 6.12. The summed E-state index contributed by atoms with van der Waals surface area (Å²) in [6.45, 7) is 7.81. The topological polar surface area (TPSA) is 49.8 Å². The number of aliphatic hydroxyl groups is 1. The second-order valence-corrected chi connectivity index (χ2v) is 6.94. The molecule has 0 aliphatic carbocycles. The average Bonchev–Trinajstić information content (AvgIpc) is 2.91. The summed E-state index contributed by atoms with van der Waals surface area (Å²) in [4.78, 5) is 14.4. The molecule has 2 unspecified atom stereocenters. The summed E-state index contributed by atoms with van der Waals surface area (Å²) in [5, 5.41) is 10.7. The first-order valence-electron chi connectivity index (χ1n) is 7.66. The Labute approximate surface area is 137 Å². The Morgan fingerprint density at radius 2 is 2.18 bits per heavy atom. The number of halogens is 1. The van der Waals surface area contributed by atoms with Gasteiger partial charge in [0.2, 0.25) is 0 Å². The van der Waals surface area contributed by atoms with Crippen molar-refractivity contribution in [2.75, 3.05) is 6.54 Å². The van der Waals surface area contributed by atoms with Gasteiger partial charge < -0.3 is 14.7 Å². The van der Waals surface area contributed by atoms with E-state index in [0.717, 1.165) is 18.4 Å². The van der Waals surface area contributed by atoms with Crippen molar-refractivity contribution in [2.24, 2.45) is 0 Å². The molecular formula is C17H24ClNO3. The van der Waals surface area contributed by atoms with Crippen LogP contribution in [0.4, 0.5) is 0 Å². The minimum absolute atomic E-state index is 0.109. The molecule has 4 nitrogen and oxygen atoms in total. The number of ether oxygens (including phenoxy) is 1. The van der Waals surface area contributed by atoms with Gasteiger partial charge in [0, 0.05) is 6.54 Å². The lowest BCUT2D eigenvalue weighted by molar-refractivity contribution is -0.143. The summed E-state index contributed by atoms with van der Waals surface area (Å²) < 4.78 is 5.76. The molecule has 1 aromatic rings. The van der Waals surface area contributed by atoms with Crippen molar-refractivity contribution in [1.82, 2.24) is 4.90 Å². The summed E-state index contributed by atoms with van der Waals surface area (Å²) in [5.41, 5.74) is 0.113. The van der Waals surface area contributed by atoms with Gasteiger partial charge in [0.05, 0.1) is 16.7 Å². The molecule has 0 radical (unpaired) electrons. The third kappa shape index (κ3) is 3.73. The molecule has 2 atom stereocenters. The molecule has 0 saturated carbocycles. The van der Waals surface area contributed by atoms with Gasteiger partial charge in [-0.05, 0) is 58.2 Å². The first-order valence-corrected chi connectivity index (χ1v) is 8.03. The third-order valence-corrected chi connectivity index (χ3v) is 4.40. The quantitative estimate of drug-likeness (QED) is 0.925. The highest BCUT2D eigenvalue weighted by molar-refractivity contribution is 6.32. The monoisotopic (exact) mass is 325 g/mol. The van der Waals surface area contributed by atoms with Crippen LogP contribution in [0.15, 0.2) is 18.2 Å². The maximum atomic E-state index is 12.6. The van der Waals surface area contributed by atoms with Crippen molar-refractivity contribution in [2.45, 2.75) is 58.3 Å². The van der Waals surface area contributed by atoms with E-state index in [-0.39, 0.29) is 11.9 Å². The Balaban J connectivity index is 2.10. The fourth-order valence-electron chi connectivity index (χ4n) is 2.94. The molecule has 1 fully saturated rings. The Hall–Kier alpha value is -1.26. The van der Waals surface area contributed by atoms with E-state index in [1.165, 1.54) is 0 Å². The predicted octanol–water partition coefficient (Wildman–Crippen LogP) is 3.18. The molecule has 0 bridgehead atoms. The summed E-state index contributed by atoms with van der Waals surface area (Å²) in [5.74, 6) is 0.406. The first-order chi connectivity index (χ1) is 10.2.